The van der Waals surface area contributed by atoms with Crippen LogP contribution in [0.3, 0.4) is 0 Å². The van der Waals surface area contributed by atoms with E-state index in [0.717, 1.165) is 51.4 Å². The van der Waals surface area contributed by atoms with Crippen LogP contribution in [-0.4, -0.2) is 202 Å². The van der Waals surface area contributed by atoms with Crippen LogP contribution in [-0.2, 0) is 66.8 Å². The summed E-state index contributed by atoms with van der Waals surface area (Å²) in [4.78, 5) is 110. The number of hydroxylamine groups is 2. The molecule has 0 unspecified atom stereocenters. The molecule has 0 aromatic rings. The predicted octanol–water partition coefficient (Wildman–Crippen LogP) is 1.48. The van der Waals surface area contributed by atoms with Gasteiger partial charge >= 0.3 is 23.9 Å². The highest BCUT2D eigenvalue weighted by molar-refractivity contribution is 5.91. The zero-order valence-electron chi connectivity index (χ0n) is 59.2. The number of ether oxygens (including phenoxy) is 6. The summed E-state index contributed by atoms with van der Waals surface area (Å²) < 4.78 is 34.4. The number of esters is 2. The Kier molecular flexibility index (Phi) is 41.1. The molecule has 4 aliphatic carbocycles. The Labute approximate surface area is 574 Å². The van der Waals surface area contributed by atoms with Crippen molar-refractivity contribution in [1.82, 2.24) is 32.2 Å². The van der Waals surface area contributed by atoms with E-state index in [-0.39, 0.29) is 122 Å². The molecule has 0 aliphatic heterocycles. The van der Waals surface area contributed by atoms with Gasteiger partial charge in [0, 0.05) is 75.7 Å². The molecular weight excluding hydrogens is 1280 g/mol. The van der Waals surface area contributed by atoms with Gasteiger partial charge in [-0.15, -0.1) is 0 Å². The predicted molar refractivity (Wildman–Crippen MR) is 367 cm³/mol. The number of carboxylic acids is 2. The summed E-state index contributed by atoms with van der Waals surface area (Å²) in [5, 5.41) is 47.6. The maximum absolute atomic E-state index is 12.2. The van der Waals surface area contributed by atoms with Gasteiger partial charge < -0.3 is 94.3 Å². The maximum Gasteiger partial charge on any atom is 0.333 e. The van der Waals surface area contributed by atoms with Crippen molar-refractivity contribution in [1.29, 1.82) is 0 Å². The van der Waals surface area contributed by atoms with Gasteiger partial charge in [-0.3, -0.25) is 29.6 Å². The maximum atomic E-state index is 12.2. The van der Waals surface area contributed by atoms with Crippen LogP contribution in [0.4, 0.5) is 0 Å². The number of hydrogen-bond acceptors (Lipinski definition) is 20. The van der Waals surface area contributed by atoms with Crippen molar-refractivity contribution in [3.05, 3.63) is 46.6 Å². The molecule has 4 rings (SSSR count). The summed E-state index contributed by atoms with van der Waals surface area (Å²) in [6.45, 7) is 25.5. The lowest BCUT2D eigenvalue weighted by Crippen LogP contribution is -2.54. The number of hydrogen-bond donors (Lipinski definition) is 16. The Morgan fingerprint density at radius 3 is 0.796 bits per heavy atom. The Morgan fingerprint density at radius 2 is 0.612 bits per heavy atom. The first-order valence-corrected chi connectivity index (χ1v) is 33.3. The first kappa shape index (κ1) is 87.6. The summed E-state index contributed by atoms with van der Waals surface area (Å²) in [6.07, 6.45) is 10.9. The molecule has 0 aromatic carbocycles. The van der Waals surface area contributed by atoms with E-state index in [0.29, 0.717) is 11.1 Å². The number of carboxylic acid groups (broad SMARTS) is 2. The van der Waals surface area contributed by atoms with Gasteiger partial charge in [0.15, 0.2) is 11.9 Å². The van der Waals surface area contributed by atoms with Gasteiger partial charge in [-0.1, -0.05) is 55.4 Å². The lowest BCUT2D eigenvalue weighted by molar-refractivity contribution is -0.140. The third-order valence-corrected chi connectivity index (χ3v) is 15.9. The molecule has 34 nitrogen and oxygen atoms in total. The number of amides is 4. The zero-order chi connectivity index (χ0) is 74.5. The minimum absolute atomic E-state index is 0.00101. The van der Waals surface area contributed by atoms with Crippen LogP contribution in [0.1, 0.15) is 174 Å². The number of nitrogens with two attached hydrogens (primary N) is 6. The smallest absolute Gasteiger partial charge is 0.333 e. The fourth-order valence-electron chi connectivity index (χ4n) is 11.1. The molecule has 0 radical (unpaired) electrons. The normalized spacial score (nSPS) is 23.7. The summed E-state index contributed by atoms with van der Waals surface area (Å²) in [5.74, 6) is -4.74. The molecule has 98 heavy (non-hydrogen) atoms. The number of nitrogens with zero attached hydrogens (tertiary/aromatic N) is 4. The highest BCUT2D eigenvalue weighted by atomic mass is 16.5. The Bertz CT molecular complexity index is 2830. The summed E-state index contributed by atoms with van der Waals surface area (Å²) in [6, 6.07) is -4.45. The monoisotopic (exact) mass is 1390 g/mol. The number of aliphatic carboxylic acids is 2. The Hall–Kier alpha value is -8.44. The summed E-state index contributed by atoms with van der Waals surface area (Å²) >= 11 is 0. The second-order valence-corrected chi connectivity index (χ2v) is 23.3. The van der Waals surface area contributed by atoms with Gasteiger partial charge in [0.2, 0.25) is 35.5 Å². The molecular formula is C64H112N16O18. The number of aliphatic imine (C=N–C) groups is 4. The van der Waals surface area contributed by atoms with E-state index >= 15 is 0 Å². The minimum atomic E-state index is -1.08. The number of nitrogens with one attached hydrogen (secondary N) is 6. The molecule has 556 valence electrons. The van der Waals surface area contributed by atoms with Crippen molar-refractivity contribution in [2.24, 2.45) is 54.4 Å². The Morgan fingerprint density at radius 1 is 0.398 bits per heavy atom. The fourth-order valence-corrected chi connectivity index (χ4v) is 11.1. The molecule has 0 spiro atoms. The van der Waals surface area contributed by atoms with Crippen LogP contribution in [0, 0.1) is 0 Å². The third-order valence-electron chi connectivity index (χ3n) is 15.9. The van der Waals surface area contributed by atoms with Crippen molar-refractivity contribution in [3.8, 4) is 0 Å². The molecule has 0 bridgehead atoms. The third kappa shape index (κ3) is 31.0. The van der Waals surface area contributed by atoms with Crippen molar-refractivity contribution < 1.29 is 87.4 Å². The van der Waals surface area contributed by atoms with Crippen LogP contribution in [0.5, 0.6) is 0 Å². The van der Waals surface area contributed by atoms with E-state index in [2.05, 4.69) is 41.2 Å². The van der Waals surface area contributed by atoms with E-state index in [1.165, 1.54) is 33.8 Å². The van der Waals surface area contributed by atoms with Crippen LogP contribution < -0.4 is 66.6 Å². The van der Waals surface area contributed by atoms with Gasteiger partial charge in [-0.05, 0) is 89.5 Å². The van der Waals surface area contributed by atoms with Gasteiger partial charge in [0.05, 0.1) is 110 Å². The van der Waals surface area contributed by atoms with Crippen molar-refractivity contribution in [2.45, 2.75) is 271 Å². The first-order valence-electron chi connectivity index (χ1n) is 33.3. The quantitative estimate of drug-likeness (QED) is 0.0210. The highest BCUT2D eigenvalue weighted by Crippen LogP contribution is 2.31. The topological polar surface area (TPSA) is 551 Å². The SMILES string of the molecule is CCC(CC)O[C@@H]1C=C(C(=O)O)C[C@H](N=C(N)N)[C@H]1NC(C)=O.CCC(CC)O[C@@H]1C=C(C(=O)O)C[C@H](N=C(N)NO)[C@H]1NC(C)=O.CCOC(=O)C1=C[C@@H](OC(CC)CC)[C@H](NC(C)=O)[C@@H](N=C(N)N)C1.CCOC(=O)C1=C[C@@H](OC(CC)CC)[C@H](NC(C)=O)[C@@H](N=C(N)NO)C1. The molecule has 0 saturated heterocycles. The lowest BCUT2D eigenvalue weighted by atomic mass is 9.88. The van der Waals surface area contributed by atoms with Crippen LogP contribution in [0.2, 0.25) is 0 Å². The Balaban J connectivity index is 0.000000654. The molecule has 0 heterocycles. The van der Waals surface area contributed by atoms with E-state index in [1.54, 1.807) is 43.0 Å². The van der Waals surface area contributed by atoms with Crippen molar-refractivity contribution >= 4 is 71.3 Å². The number of rotatable bonds is 30. The van der Waals surface area contributed by atoms with E-state index in [4.69, 9.17) is 73.2 Å². The average Bonchev–Trinajstić information content (AvgIpc) is 0.835. The molecule has 0 fully saturated rings. The summed E-state index contributed by atoms with van der Waals surface area (Å²) in [7, 11) is 0. The highest BCUT2D eigenvalue weighted by Gasteiger charge is 2.42. The second-order valence-electron chi connectivity index (χ2n) is 23.3. The summed E-state index contributed by atoms with van der Waals surface area (Å²) in [5.41, 5.74) is 37.7. The first-order chi connectivity index (χ1) is 46.3. The molecule has 34 heteroatoms. The van der Waals surface area contributed by atoms with Crippen LogP contribution in [0.25, 0.3) is 0 Å². The van der Waals surface area contributed by atoms with Gasteiger partial charge in [-0.25, -0.2) is 50.1 Å². The van der Waals surface area contributed by atoms with Crippen molar-refractivity contribution in [2.75, 3.05) is 13.2 Å². The number of guanidine groups is 4. The van der Waals surface area contributed by atoms with Crippen LogP contribution in [0.15, 0.2) is 66.6 Å². The molecule has 0 saturated carbocycles. The van der Waals surface area contributed by atoms with Gasteiger partial charge in [0.1, 0.15) is 0 Å². The van der Waals surface area contributed by atoms with Gasteiger partial charge in [-0.2, -0.15) is 0 Å². The van der Waals surface area contributed by atoms with E-state index < -0.39 is 96.6 Å². The standard InChI is InChI=1S/C17H30N4O5.C17H30N4O4.C15H26N4O5.C15H26N4O4/c1-5-12(6-2)26-14-9-11(16(23)25-7-3)8-13(20-17(18)21-24)15(14)19-10(4)22;1-5-12(6-2)25-14-9-11(16(23)24-7-3)8-13(21-17(18)19)15(14)20-10(4)22;1-4-10(5-2)24-12-7-9(14(21)22)6-11(18-15(16)19-23)13(12)17-8(3)20;1-4-10(5-2)23-12-7-9(14(21)22)6-11(19-15(16)17)13(12)18-8(3)20/h9,12-15,24H,5-8H2,1-4H3,(H,19,22)(H3,18,20,21);9,12-15H,5-8H2,1-4H3,(H,20,22)(H4,18,19,21);7,10-13,23H,4-6H2,1-3H3,(H,17,20)(H,21,22)(H3,16,18,19);7,10-13H,4-6H2,1-3H3,(H,18,20)(H,21,22)(H4,16,17,19)/t2*13-,14+,15+;2*11-,12+,13+/m0000/s1. The second kappa shape index (κ2) is 45.9. The minimum Gasteiger partial charge on any atom is -0.478 e. The van der Waals surface area contributed by atoms with E-state index in [9.17, 15) is 48.6 Å². The molecule has 0 aromatic heterocycles. The molecule has 12 atom stereocenters. The zero-order valence-corrected chi connectivity index (χ0v) is 59.2. The number of carbonyl (C=O) groups is 8. The average molecular weight is 1390 g/mol. The molecule has 4 amide bonds. The largest absolute Gasteiger partial charge is 0.478 e. The lowest BCUT2D eigenvalue weighted by Gasteiger charge is -2.36. The van der Waals surface area contributed by atoms with Crippen molar-refractivity contribution in [3.63, 3.8) is 0 Å². The number of carbonyl (C=O) groups excluding carboxylic acids is 6. The van der Waals surface area contributed by atoms with Crippen LogP contribution >= 0.6 is 0 Å². The van der Waals surface area contributed by atoms with E-state index in [1.807, 2.05) is 55.4 Å². The molecule has 22 N–H and O–H groups in total. The fraction of sp³-hybridized carbons (Fsp3) is 0.688. The molecule has 4 aliphatic rings. The van der Waals surface area contributed by atoms with Gasteiger partial charge in [0.25, 0.3) is 0 Å².